The maximum atomic E-state index is 12.6. The first kappa shape index (κ1) is 22.0. The van der Waals surface area contributed by atoms with Crippen molar-refractivity contribution in [1.82, 2.24) is 14.8 Å². The predicted molar refractivity (Wildman–Crippen MR) is 128 cm³/mol. The molecule has 4 aromatic rings. The third kappa shape index (κ3) is 5.18. The molecular formula is C24H23ClN4O2S. The third-order valence-corrected chi connectivity index (χ3v) is 6.43. The third-order valence-electron chi connectivity index (χ3n) is 5.09. The van der Waals surface area contributed by atoms with E-state index in [9.17, 15) is 4.79 Å². The number of nitrogens with one attached hydrogen (secondary N) is 1. The molecule has 0 aliphatic rings. The zero-order chi connectivity index (χ0) is 22.7. The summed E-state index contributed by atoms with van der Waals surface area (Å²) in [6.07, 6.45) is 1.57. The number of carbonyl (C=O) groups is 1. The van der Waals surface area contributed by atoms with Crippen LogP contribution in [0.2, 0.25) is 5.02 Å². The molecule has 1 amide bonds. The molecule has 4 rings (SSSR count). The SMILES string of the molecule is Cc1cc(C)c(C)c(OCc2csc(C(=O)Nc3ncn(Cc4ccccc4Cl)n3)c2)c1. The molecule has 164 valence electrons. The molecule has 32 heavy (non-hydrogen) atoms. The van der Waals surface area contributed by atoms with Crippen molar-refractivity contribution in [1.29, 1.82) is 0 Å². The smallest absolute Gasteiger partial charge is 0.268 e. The summed E-state index contributed by atoms with van der Waals surface area (Å²) < 4.78 is 7.64. The summed E-state index contributed by atoms with van der Waals surface area (Å²) in [4.78, 5) is 17.4. The van der Waals surface area contributed by atoms with Crippen LogP contribution in [0, 0.1) is 20.8 Å². The fourth-order valence-electron chi connectivity index (χ4n) is 3.27. The summed E-state index contributed by atoms with van der Waals surface area (Å²) in [6, 6.07) is 13.6. The van der Waals surface area contributed by atoms with Crippen molar-refractivity contribution in [2.45, 2.75) is 33.9 Å². The Morgan fingerprint density at radius 3 is 2.81 bits per heavy atom. The van der Waals surface area contributed by atoms with Crippen molar-refractivity contribution in [3.8, 4) is 5.75 Å². The van der Waals surface area contributed by atoms with Crippen molar-refractivity contribution in [2.24, 2.45) is 0 Å². The standard InChI is InChI=1S/C24H23ClN4O2S/c1-15-8-16(2)17(3)21(9-15)31-12-18-10-22(32-13-18)23(30)27-24-26-14-29(28-24)11-19-6-4-5-7-20(19)25/h4-10,13-14H,11-12H2,1-3H3,(H,27,28,30). The highest BCUT2D eigenvalue weighted by Gasteiger charge is 2.13. The van der Waals surface area contributed by atoms with Crippen LogP contribution in [-0.2, 0) is 13.2 Å². The molecule has 6 nitrogen and oxygen atoms in total. The molecule has 0 saturated heterocycles. The van der Waals surface area contributed by atoms with Crippen LogP contribution in [0.5, 0.6) is 5.75 Å². The summed E-state index contributed by atoms with van der Waals surface area (Å²) in [6.45, 7) is 7.05. The van der Waals surface area contributed by atoms with E-state index in [1.807, 2.05) is 41.8 Å². The van der Waals surface area contributed by atoms with E-state index < -0.39 is 0 Å². The van der Waals surface area contributed by atoms with Crippen molar-refractivity contribution >= 4 is 34.8 Å². The summed E-state index contributed by atoms with van der Waals surface area (Å²) in [7, 11) is 0. The Balaban J connectivity index is 1.36. The monoisotopic (exact) mass is 466 g/mol. The molecule has 1 N–H and O–H groups in total. The number of aryl methyl sites for hydroxylation is 2. The quantitative estimate of drug-likeness (QED) is 0.374. The van der Waals surface area contributed by atoms with Crippen LogP contribution in [0.3, 0.4) is 0 Å². The second-order valence-electron chi connectivity index (χ2n) is 7.62. The second-order valence-corrected chi connectivity index (χ2v) is 8.94. The summed E-state index contributed by atoms with van der Waals surface area (Å²) in [5, 5.41) is 9.65. The Labute approximate surface area is 195 Å². The van der Waals surface area contributed by atoms with E-state index in [4.69, 9.17) is 16.3 Å². The van der Waals surface area contributed by atoms with Gasteiger partial charge < -0.3 is 4.74 Å². The molecule has 2 aromatic heterocycles. The largest absolute Gasteiger partial charge is 0.489 e. The number of amides is 1. The number of benzene rings is 2. The zero-order valence-corrected chi connectivity index (χ0v) is 19.6. The molecule has 0 saturated carbocycles. The molecule has 0 radical (unpaired) electrons. The lowest BCUT2D eigenvalue weighted by molar-refractivity contribution is 0.102. The van der Waals surface area contributed by atoms with Crippen LogP contribution in [0.15, 0.2) is 54.2 Å². The average molecular weight is 467 g/mol. The van der Waals surface area contributed by atoms with E-state index >= 15 is 0 Å². The zero-order valence-electron chi connectivity index (χ0n) is 18.1. The highest BCUT2D eigenvalue weighted by atomic mass is 35.5. The molecule has 8 heteroatoms. The lowest BCUT2D eigenvalue weighted by Gasteiger charge is -2.11. The van der Waals surface area contributed by atoms with E-state index in [0.717, 1.165) is 28.0 Å². The lowest BCUT2D eigenvalue weighted by atomic mass is 10.1. The van der Waals surface area contributed by atoms with Crippen LogP contribution in [0.4, 0.5) is 5.95 Å². The van der Waals surface area contributed by atoms with Gasteiger partial charge in [-0.25, -0.2) is 9.67 Å². The number of anilines is 1. The highest BCUT2D eigenvalue weighted by molar-refractivity contribution is 7.12. The predicted octanol–water partition coefficient (Wildman–Crippen LogP) is 5.80. The fourth-order valence-corrected chi connectivity index (χ4v) is 4.26. The van der Waals surface area contributed by atoms with Gasteiger partial charge in [-0.15, -0.1) is 16.4 Å². The molecule has 2 heterocycles. The molecule has 0 fully saturated rings. The number of halogens is 1. The number of ether oxygens (including phenoxy) is 1. The lowest BCUT2D eigenvalue weighted by Crippen LogP contribution is -2.12. The van der Waals surface area contributed by atoms with E-state index in [1.165, 1.54) is 16.9 Å². The number of nitrogens with zero attached hydrogens (tertiary/aromatic N) is 3. The maximum Gasteiger partial charge on any atom is 0.268 e. The molecule has 0 spiro atoms. The summed E-state index contributed by atoms with van der Waals surface area (Å²) in [5.74, 6) is 0.867. The van der Waals surface area contributed by atoms with Gasteiger partial charge in [0.25, 0.3) is 5.91 Å². The van der Waals surface area contributed by atoms with E-state index in [1.54, 1.807) is 11.0 Å². The topological polar surface area (TPSA) is 69.0 Å². The van der Waals surface area contributed by atoms with Gasteiger partial charge in [0.2, 0.25) is 5.95 Å². The number of thiophene rings is 1. The number of carbonyl (C=O) groups excluding carboxylic acids is 1. The molecule has 2 aromatic carbocycles. The van der Waals surface area contributed by atoms with E-state index in [2.05, 4.69) is 42.2 Å². The minimum absolute atomic E-state index is 0.249. The molecular weight excluding hydrogens is 444 g/mol. The van der Waals surface area contributed by atoms with Crippen LogP contribution < -0.4 is 10.1 Å². The van der Waals surface area contributed by atoms with Crippen molar-refractivity contribution in [3.05, 3.63) is 91.9 Å². The van der Waals surface area contributed by atoms with Gasteiger partial charge in [-0.3, -0.25) is 10.1 Å². The van der Waals surface area contributed by atoms with Crippen molar-refractivity contribution in [2.75, 3.05) is 5.32 Å². The van der Waals surface area contributed by atoms with Gasteiger partial charge in [0.05, 0.1) is 11.4 Å². The summed E-state index contributed by atoms with van der Waals surface area (Å²) in [5.41, 5.74) is 5.36. The van der Waals surface area contributed by atoms with Crippen molar-refractivity contribution < 1.29 is 9.53 Å². The van der Waals surface area contributed by atoms with Gasteiger partial charge in [-0.05, 0) is 66.6 Å². The Morgan fingerprint density at radius 2 is 2.00 bits per heavy atom. The Kier molecular flexibility index (Phi) is 6.58. The van der Waals surface area contributed by atoms with Gasteiger partial charge in [-0.2, -0.15) is 0 Å². The molecule has 0 bridgehead atoms. The van der Waals surface area contributed by atoms with Crippen LogP contribution >= 0.6 is 22.9 Å². The fraction of sp³-hybridized carbons (Fsp3) is 0.208. The minimum Gasteiger partial charge on any atom is -0.489 e. The van der Waals surface area contributed by atoms with Crippen LogP contribution in [0.25, 0.3) is 0 Å². The van der Waals surface area contributed by atoms with E-state index in [0.29, 0.717) is 23.1 Å². The maximum absolute atomic E-state index is 12.6. The van der Waals surface area contributed by atoms with Gasteiger partial charge in [0, 0.05) is 10.6 Å². The number of hydrogen-bond donors (Lipinski definition) is 1. The molecule has 0 aliphatic heterocycles. The minimum atomic E-state index is -0.251. The molecule has 0 atom stereocenters. The number of aromatic nitrogens is 3. The number of rotatable bonds is 7. The second kappa shape index (κ2) is 9.54. The Hall–Kier alpha value is -3.16. The average Bonchev–Trinajstić information content (AvgIpc) is 3.41. The first-order chi connectivity index (χ1) is 15.4. The van der Waals surface area contributed by atoms with Crippen molar-refractivity contribution in [3.63, 3.8) is 0 Å². The number of hydrogen-bond acceptors (Lipinski definition) is 5. The Bertz CT molecular complexity index is 1260. The first-order valence-electron chi connectivity index (χ1n) is 10.1. The normalized spacial score (nSPS) is 10.9. The van der Waals surface area contributed by atoms with Gasteiger partial charge in [-0.1, -0.05) is 35.9 Å². The highest BCUT2D eigenvalue weighted by Crippen LogP contribution is 2.25. The molecule has 0 unspecified atom stereocenters. The van der Waals surface area contributed by atoms with Crippen LogP contribution in [-0.4, -0.2) is 20.7 Å². The first-order valence-corrected chi connectivity index (χ1v) is 11.4. The summed E-state index contributed by atoms with van der Waals surface area (Å²) >= 11 is 7.56. The van der Waals surface area contributed by atoms with Crippen LogP contribution in [0.1, 0.15) is 37.5 Å². The Morgan fingerprint density at radius 1 is 1.19 bits per heavy atom. The molecule has 0 aliphatic carbocycles. The van der Waals surface area contributed by atoms with Gasteiger partial charge >= 0.3 is 0 Å². The van der Waals surface area contributed by atoms with Gasteiger partial charge in [0.15, 0.2) is 0 Å². The van der Waals surface area contributed by atoms with E-state index in [-0.39, 0.29) is 11.9 Å². The van der Waals surface area contributed by atoms with Gasteiger partial charge in [0.1, 0.15) is 18.7 Å².